The predicted molar refractivity (Wildman–Crippen MR) is 423 cm³/mol. The van der Waals surface area contributed by atoms with Crippen molar-refractivity contribution in [3.8, 4) is 45.6 Å². The summed E-state index contributed by atoms with van der Waals surface area (Å²) in [6.07, 6.45) is 16.0. The molecule has 1 atom stereocenters. The first-order valence-corrected chi connectivity index (χ1v) is 35.8. The molecule has 1 aliphatic carbocycles. The quantitative estimate of drug-likeness (QED) is 0.0355. The number of halogens is 8. The second kappa shape index (κ2) is 32.0. The monoisotopic (exact) mass is 1550 g/mol. The number of benzene rings is 8. The second-order valence-corrected chi connectivity index (χ2v) is 28.7. The van der Waals surface area contributed by atoms with E-state index in [1.807, 2.05) is 19.2 Å². The normalized spacial score (nSPS) is 13.3. The second-order valence-electron chi connectivity index (χ2n) is 28.7. The van der Waals surface area contributed by atoms with Crippen LogP contribution in [0.1, 0.15) is 129 Å². The number of rotatable bonds is 18. The van der Waals surface area contributed by atoms with Gasteiger partial charge in [-0.05, 0) is 179 Å². The molecule has 0 unspecified atom stereocenters. The highest BCUT2D eigenvalue weighted by Crippen LogP contribution is 2.42. The van der Waals surface area contributed by atoms with Crippen LogP contribution in [0.2, 0.25) is 0 Å². The third-order valence-corrected chi connectivity index (χ3v) is 18.6. The predicted octanol–water partition coefficient (Wildman–Crippen LogP) is 16.4. The molecule has 0 amide bonds. The Morgan fingerprint density at radius 1 is 0.395 bits per heavy atom. The molecule has 0 aliphatic heterocycles. The van der Waals surface area contributed by atoms with Gasteiger partial charge >= 0.3 is 0 Å². The van der Waals surface area contributed by atoms with Gasteiger partial charge in [0.2, 0.25) is 0 Å². The zero-order chi connectivity index (χ0) is 80.3. The van der Waals surface area contributed by atoms with Crippen LogP contribution in [0.4, 0.5) is 35.1 Å². The van der Waals surface area contributed by atoms with E-state index in [4.69, 9.17) is 17.2 Å². The Kier molecular flexibility index (Phi) is 21.7. The highest BCUT2D eigenvalue weighted by Gasteiger charge is 2.43. The van der Waals surface area contributed by atoms with Gasteiger partial charge in [0.15, 0.2) is 29.1 Å². The fourth-order valence-corrected chi connectivity index (χ4v) is 12.1. The first kappa shape index (κ1) is 77.2. The lowest BCUT2D eigenvalue weighted by Gasteiger charge is -2.16. The van der Waals surface area contributed by atoms with Crippen molar-refractivity contribution in [2.45, 2.75) is 77.0 Å². The molecular formula is C82H74F8N24. The van der Waals surface area contributed by atoms with Gasteiger partial charge < -0.3 is 22.5 Å². The number of H-pyrrole nitrogens is 8. The van der Waals surface area contributed by atoms with Crippen LogP contribution in [0.3, 0.4) is 0 Å². The minimum atomic E-state index is -0.718. The van der Waals surface area contributed by atoms with Crippen LogP contribution < -0.4 is 22.5 Å². The van der Waals surface area contributed by atoms with Crippen molar-refractivity contribution in [3.63, 3.8) is 0 Å². The summed E-state index contributed by atoms with van der Waals surface area (Å²) < 4.78 is 111. The first-order chi connectivity index (χ1) is 54.6. The maximum Gasteiger partial charge on any atom is 0.184 e. The van der Waals surface area contributed by atoms with Gasteiger partial charge in [-0.1, -0.05) is 86.7 Å². The average molecular weight is 1550 g/mol. The van der Waals surface area contributed by atoms with Gasteiger partial charge in [0.05, 0.1) is 78.7 Å². The SMILES string of the molecule is CC(C)(N)c1nc(-c2cc(F)c3n[nH]c(/C=C/c4ccc(F)cc4)c3c2)n[nH]1.CC(C)(N)c1nc(-c2cc3c(/C=C/c4ccc(F)cc4)n[nH]c3cc2F)n[nH]1.CN[C@H](c1nc(-c2cc3c(/C=C/c4ccc(F)cc4)n[nH]c3cc2F)n[nH]1)C(C)C.NC1(c2nc(-c3cc4c(/C=C/c5ccc(F)cc5)n[nH]c4cc3F)n[nH]2)CC1. The molecule has 0 radical (unpaired) electrons. The fourth-order valence-electron chi connectivity index (χ4n) is 12.1. The lowest BCUT2D eigenvalue weighted by molar-refractivity contribution is 0.424. The maximum absolute atomic E-state index is 14.7. The molecule has 8 heterocycles. The summed E-state index contributed by atoms with van der Waals surface area (Å²) in [5, 5.41) is 61.9. The zero-order valence-corrected chi connectivity index (χ0v) is 62.2. The number of aromatic amines is 8. The van der Waals surface area contributed by atoms with Crippen molar-refractivity contribution in [1.82, 2.24) is 107 Å². The van der Waals surface area contributed by atoms with Crippen molar-refractivity contribution >= 4 is 92.2 Å². The summed E-state index contributed by atoms with van der Waals surface area (Å²) in [6.45, 7) is 11.3. The molecule has 0 spiro atoms. The van der Waals surface area contributed by atoms with E-state index in [1.165, 1.54) is 72.8 Å². The van der Waals surface area contributed by atoms with Gasteiger partial charge in [0, 0.05) is 45.3 Å². The maximum atomic E-state index is 14.7. The van der Waals surface area contributed by atoms with Gasteiger partial charge in [-0.25, -0.2) is 55.1 Å². The zero-order valence-electron chi connectivity index (χ0n) is 62.2. The number of nitrogens with one attached hydrogen (secondary N) is 9. The van der Waals surface area contributed by atoms with Gasteiger partial charge in [-0.15, -0.1) is 0 Å². The van der Waals surface area contributed by atoms with E-state index in [0.717, 1.165) is 45.9 Å². The first-order valence-electron chi connectivity index (χ1n) is 35.8. The molecule has 578 valence electrons. The van der Waals surface area contributed by atoms with Crippen LogP contribution in [0.15, 0.2) is 146 Å². The summed E-state index contributed by atoms with van der Waals surface area (Å²) in [7, 11) is 1.85. The van der Waals surface area contributed by atoms with Crippen molar-refractivity contribution in [2.75, 3.05) is 7.05 Å². The topological polar surface area (TPSA) is 371 Å². The summed E-state index contributed by atoms with van der Waals surface area (Å²) in [4.78, 5) is 17.6. The van der Waals surface area contributed by atoms with E-state index in [1.54, 1.807) is 137 Å². The molecule has 16 aromatic rings. The third-order valence-electron chi connectivity index (χ3n) is 18.6. The van der Waals surface area contributed by atoms with E-state index in [2.05, 4.69) is 121 Å². The van der Waals surface area contributed by atoms with Crippen molar-refractivity contribution in [3.05, 3.63) is 260 Å². The lowest BCUT2D eigenvalue weighted by atomic mass is 10.0. The largest absolute Gasteiger partial charge is 0.319 e. The lowest BCUT2D eigenvalue weighted by Crippen LogP contribution is -2.30. The van der Waals surface area contributed by atoms with Crippen molar-refractivity contribution in [2.24, 2.45) is 23.1 Å². The van der Waals surface area contributed by atoms with E-state index in [9.17, 15) is 35.1 Å². The standard InChI is InChI=1S/C22H22F2N6.C20H16F2N6.2C20H18F2N6/c1-12(2)20(25-3)22-26-21(29-30-22)15-10-16-18(27-28-19(16)11-17(15)24)9-6-13-4-7-14(23)8-5-13;21-12-4-1-11(2-5-12)3-6-16-14-9-13(15(22)10-17(14)26-25-16)18-24-19(28-27-18)20(23)7-8-20;1-20(2,23)19-24-18(27-28-19)12-9-14-16(25-26-17(14)15(22)10-12)8-5-11-3-6-13(21)7-4-11;1-20(2,23)19-24-18(27-28-19)13-9-14-16(25-26-17(14)10-15(13)22)8-5-11-3-6-12(21)7-4-11/h4-12,20,25H,1-3H3,(H,27,28)(H,26,29,30);1-6,9-10H,7-8,23H2,(H,25,26)(H,24,27,28);2*3-10H,23H2,1-2H3,(H,25,26)(H,24,27,28)/b9-6+;6-3+;2*8-5+/t20-;;;/m0.../s1. The molecule has 17 rings (SSSR count). The fraction of sp³-hybridized carbons (Fsp3) is 0.171. The van der Waals surface area contributed by atoms with E-state index in [0.29, 0.717) is 102 Å². The van der Waals surface area contributed by atoms with Crippen LogP contribution in [0.5, 0.6) is 0 Å². The molecule has 0 bridgehead atoms. The molecule has 1 aliphatic rings. The van der Waals surface area contributed by atoms with Gasteiger partial charge in [0.25, 0.3) is 0 Å². The van der Waals surface area contributed by atoms with Crippen molar-refractivity contribution in [1.29, 1.82) is 0 Å². The van der Waals surface area contributed by atoms with E-state index < -0.39 is 39.9 Å². The van der Waals surface area contributed by atoms with Crippen LogP contribution in [0.25, 0.3) is 138 Å². The number of hydrogen-bond donors (Lipinski definition) is 12. The van der Waals surface area contributed by atoms with E-state index in [-0.39, 0.29) is 57.6 Å². The van der Waals surface area contributed by atoms with Gasteiger partial charge in [-0.3, -0.25) is 40.8 Å². The number of nitrogens with zero attached hydrogens (tertiary/aromatic N) is 12. The minimum Gasteiger partial charge on any atom is -0.319 e. The summed E-state index contributed by atoms with van der Waals surface area (Å²) in [5.41, 5.74) is 25.3. The van der Waals surface area contributed by atoms with Crippen LogP contribution in [-0.2, 0) is 16.6 Å². The van der Waals surface area contributed by atoms with E-state index >= 15 is 0 Å². The number of aromatic nitrogens is 20. The van der Waals surface area contributed by atoms with Crippen LogP contribution in [0, 0.1) is 52.5 Å². The molecule has 1 fully saturated rings. The Morgan fingerprint density at radius 3 is 1.17 bits per heavy atom. The average Bonchev–Trinajstić information content (AvgIpc) is 1.61. The highest BCUT2D eigenvalue weighted by molar-refractivity contribution is 5.96. The molecule has 24 nitrogen and oxygen atoms in total. The summed E-state index contributed by atoms with van der Waals surface area (Å²) in [5.74, 6) is 0.612. The number of fused-ring (bicyclic) bond motifs is 4. The third kappa shape index (κ3) is 17.4. The summed E-state index contributed by atoms with van der Waals surface area (Å²) >= 11 is 0. The molecule has 1 saturated carbocycles. The van der Waals surface area contributed by atoms with Crippen LogP contribution >= 0.6 is 0 Å². The Bertz CT molecular complexity index is 6060. The Morgan fingerprint density at radius 2 is 0.772 bits per heavy atom. The minimum absolute atomic E-state index is 0.0128. The number of nitrogens with two attached hydrogens (primary N) is 3. The smallest absolute Gasteiger partial charge is 0.184 e. The Balaban J connectivity index is 0.000000126. The Hall–Kier alpha value is -13.6. The van der Waals surface area contributed by atoms with Crippen molar-refractivity contribution < 1.29 is 35.1 Å². The summed E-state index contributed by atoms with van der Waals surface area (Å²) in [6, 6.07) is 36.6. The number of hydrogen-bond acceptors (Lipinski definition) is 16. The molecule has 8 aromatic carbocycles. The van der Waals surface area contributed by atoms with Gasteiger partial charge in [-0.2, -0.15) is 40.8 Å². The Labute approximate surface area is 644 Å². The highest BCUT2D eigenvalue weighted by atomic mass is 19.2. The molecule has 32 heteroatoms. The van der Waals surface area contributed by atoms with Crippen LogP contribution in [-0.4, -0.2) is 109 Å². The molecular weight excluding hydrogens is 1470 g/mol. The molecule has 0 saturated heterocycles. The molecule has 8 aromatic heterocycles. The molecule has 114 heavy (non-hydrogen) atoms. The van der Waals surface area contributed by atoms with Gasteiger partial charge in [0.1, 0.15) is 69.5 Å². The molecule has 15 N–H and O–H groups in total.